The molecule has 0 bridgehead atoms. The standard InChI is InChI=1S/C19H24N4O5/c1-4-27-18(25)12(3)16(19(26)28-5-2)21-23-17-14(11-15(24)20-22-17)13-9-7-6-8-10-13/h6-10,12,14H,4-5,11H2,1-3H3,(H,20,24)(H,22,23)/b21-16-. The summed E-state index contributed by atoms with van der Waals surface area (Å²) in [6, 6.07) is 9.33. The molecule has 2 atom stereocenters. The van der Waals surface area contributed by atoms with Crippen molar-refractivity contribution in [3.8, 4) is 0 Å². The Kier molecular flexibility index (Phi) is 7.67. The van der Waals surface area contributed by atoms with E-state index in [4.69, 9.17) is 9.47 Å². The molecule has 0 aliphatic carbocycles. The van der Waals surface area contributed by atoms with E-state index >= 15 is 0 Å². The van der Waals surface area contributed by atoms with Crippen LogP contribution in [0.4, 0.5) is 0 Å². The number of rotatable bonds is 7. The summed E-state index contributed by atoms with van der Waals surface area (Å²) in [6.07, 6.45) is 0.174. The molecule has 1 aromatic rings. The summed E-state index contributed by atoms with van der Waals surface area (Å²) in [6.45, 7) is 5.13. The van der Waals surface area contributed by atoms with E-state index < -0.39 is 17.9 Å². The molecular formula is C19H24N4O5. The van der Waals surface area contributed by atoms with Crippen LogP contribution in [0.25, 0.3) is 0 Å². The summed E-state index contributed by atoms with van der Waals surface area (Å²) in [4.78, 5) is 36.1. The maximum atomic E-state index is 12.2. The summed E-state index contributed by atoms with van der Waals surface area (Å²) >= 11 is 0. The van der Waals surface area contributed by atoms with Crippen molar-refractivity contribution in [2.75, 3.05) is 13.2 Å². The lowest BCUT2D eigenvalue weighted by atomic mass is 9.93. The van der Waals surface area contributed by atoms with Crippen LogP contribution in [0.15, 0.2) is 40.5 Å². The van der Waals surface area contributed by atoms with Crippen LogP contribution in [0.1, 0.15) is 38.7 Å². The Hall–Kier alpha value is -3.23. The Morgan fingerprint density at radius 1 is 1.14 bits per heavy atom. The Bertz CT molecular complexity index is 776. The van der Waals surface area contributed by atoms with Crippen LogP contribution in [-0.2, 0) is 23.9 Å². The fourth-order valence-corrected chi connectivity index (χ4v) is 2.61. The van der Waals surface area contributed by atoms with Crippen molar-refractivity contribution >= 4 is 29.4 Å². The van der Waals surface area contributed by atoms with Crippen LogP contribution in [0, 0.1) is 5.92 Å². The van der Waals surface area contributed by atoms with Crippen molar-refractivity contribution in [1.82, 2.24) is 10.9 Å². The predicted octanol–water partition coefficient (Wildman–Crippen LogP) is 1.31. The maximum Gasteiger partial charge on any atom is 0.355 e. The van der Waals surface area contributed by atoms with Crippen LogP contribution in [0.3, 0.4) is 0 Å². The Morgan fingerprint density at radius 2 is 1.82 bits per heavy atom. The molecule has 1 saturated heterocycles. The highest BCUT2D eigenvalue weighted by Crippen LogP contribution is 2.22. The maximum absolute atomic E-state index is 12.2. The van der Waals surface area contributed by atoms with E-state index in [1.54, 1.807) is 13.8 Å². The number of nitrogens with zero attached hydrogens (tertiary/aromatic N) is 2. The molecule has 2 unspecified atom stereocenters. The number of amides is 1. The number of hydrazine groups is 1. The molecule has 1 aliphatic heterocycles. The summed E-state index contributed by atoms with van der Waals surface area (Å²) in [5.74, 6) is -2.50. The molecular weight excluding hydrogens is 364 g/mol. The highest BCUT2D eigenvalue weighted by atomic mass is 16.5. The average molecular weight is 388 g/mol. The van der Waals surface area contributed by atoms with Gasteiger partial charge in [-0.1, -0.05) is 30.3 Å². The van der Waals surface area contributed by atoms with E-state index in [-0.39, 0.29) is 37.2 Å². The average Bonchev–Trinajstić information content (AvgIpc) is 2.70. The van der Waals surface area contributed by atoms with Gasteiger partial charge in [-0.3, -0.25) is 20.4 Å². The zero-order chi connectivity index (χ0) is 20.5. The second kappa shape index (κ2) is 10.2. The van der Waals surface area contributed by atoms with Crippen LogP contribution in [0.5, 0.6) is 0 Å². The predicted molar refractivity (Wildman–Crippen MR) is 102 cm³/mol. The van der Waals surface area contributed by atoms with Crippen molar-refractivity contribution in [3.63, 3.8) is 0 Å². The second-order valence-corrected chi connectivity index (χ2v) is 6.01. The van der Waals surface area contributed by atoms with E-state index in [0.29, 0.717) is 5.84 Å². The number of ether oxygens (including phenoxy) is 2. The fraction of sp³-hybridized carbons (Fsp3) is 0.421. The SMILES string of the molecule is CCOC(=O)/C(=N\N=C1\NNC(=O)CC1c1ccccc1)C(C)C(=O)OCC. The first-order valence-electron chi connectivity index (χ1n) is 9.06. The van der Waals surface area contributed by atoms with Crippen LogP contribution in [0.2, 0.25) is 0 Å². The number of carbonyl (C=O) groups excluding carboxylic acids is 3. The third-order valence-electron chi connectivity index (χ3n) is 4.05. The van der Waals surface area contributed by atoms with Crippen molar-refractivity contribution < 1.29 is 23.9 Å². The van der Waals surface area contributed by atoms with Gasteiger partial charge in [0.25, 0.3) is 0 Å². The molecule has 1 aromatic carbocycles. The molecule has 1 aliphatic rings. The summed E-state index contributed by atoms with van der Waals surface area (Å²) in [5.41, 5.74) is 5.90. The van der Waals surface area contributed by atoms with Gasteiger partial charge in [0.05, 0.1) is 19.1 Å². The zero-order valence-corrected chi connectivity index (χ0v) is 16.1. The van der Waals surface area contributed by atoms with Crippen molar-refractivity contribution in [2.45, 2.75) is 33.1 Å². The molecule has 0 radical (unpaired) electrons. The first-order chi connectivity index (χ1) is 13.5. The molecule has 1 amide bonds. The lowest BCUT2D eigenvalue weighted by molar-refractivity contribution is -0.146. The number of amidine groups is 1. The van der Waals surface area contributed by atoms with Gasteiger partial charge < -0.3 is 9.47 Å². The molecule has 0 aromatic heterocycles. The Labute approximate surface area is 163 Å². The van der Waals surface area contributed by atoms with E-state index in [1.807, 2.05) is 30.3 Å². The number of benzene rings is 1. The fourth-order valence-electron chi connectivity index (χ4n) is 2.61. The molecule has 2 N–H and O–H groups in total. The summed E-state index contributed by atoms with van der Waals surface area (Å²) < 4.78 is 9.95. The number of hydrogen-bond acceptors (Lipinski definition) is 7. The highest BCUT2D eigenvalue weighted by molar-refractivity contribution is 6.40. The van der Waals surface area contributed by atoms with E-state index in [9.17, 15) is 14.4 Å². The molecule has 150 valence electrons. The number of nitrogens with one attached hydrogen (secondary N) is 2. The van der Waals surface area contributed by atoms with Gasteiger partial charge in [0.1, 0.15) is 5.92 Å². The lowest BCUT2D eigenvalue weighted by Crippen LogP contribution is -2.50. The van der Waals surface area contributed by atoms with Gasteiger partial charge in [-0.25, -0.2) is 4.79 Å². The smallest absolute Gasteiger partial charge is 0.355 e. The molecule has 1 fully saturated rings. The van der Waals surface area contributed by atoms with E-state index in [2.05, 4.69) is 21.1 Å². The van der Waals surface area contributed by atoms with Gasteiger partial charge in [-0.2, -0.15) is 0 Å². The van der Waals surface area contributed by atoms with Crippen molar-refractivity contribution in [2.24, 2.45) is 16.1 Å². The summed E-state index contributed by atoms with van der Waals surface area (Å²) in [5, 5.41) is 8.10. The third-order valence-corrected chi connectivity index (χ3v) is 4.05. The topological polar surface area (TPSA) is 118 Å². The monoisotopic (exact) mass is 388 g/mol. The van der Waals surface area contributed by atoms with Gasteiger partial charge >= 0.3 is 11.9 Å². The van der Waals surface area contributed by atoms with Gasteiger partial charge in [0.15, 0.2) is 11.5 Å². The third kappa shape index (κ3) is 5.38. The second-order valence-electron chi connectivity index (χ2n) is 6.01. The molecule has 28 heavy (non-hydrogen) atoms. The van der Waals surface area contributed by atoms with Gasteiger partial charge in [-0.15, -0.1) is 10.2 Å². The number of carbonyl (C=O) groups is 3. The van der Waals surface area contributed by atoms with Gasteiger partial charge in [0, 0.05) is 6.42 Å². The minimum atomic E-state index is -0.947. The first-order valence-corrected chi connectivity index (χ1v) is 9.06. The van der Waals surface area contributed by atoms with Crippen molar-refractivity contribution in [1.29, 1.82) is 0 Å². The van der Waals surface area contributed by atoms with E-state index in [0.717, 1.165) is 5.56 Å². The Balaban J connectivity index is 2.37. The molecule has 9 heteroatoms. The summed E-state index contributed by atoms with van der Waals surface area (Å²) in [7, 11) is 0. The van der Waals surface area contributed by atoms with Crippen LogP contribution in [-0.4, -0.2) is 42.6 Å². The largest absolute Gasteiger partial charge is 0.465 e. The molecule has 1 heterocycles. The molecule has 0 saturated carbocycles. The van der Waals surface area contributed by atoms with Gasteiger partial charge in [-0.05, 0) is 26.3 Å². The first kappa shape index (κ1) is 21.1. The van der Waals surface area contributed by atoms with E-state index in [1.165, 1.54) is 6.92 Å². The molecule has 9 nitrogen and oxygen atoms in total. The lowest BCUT2D eigenvalue weighted by Gasteiger charge is -2.25. The minimum absolute atomic E-state index is 0.130. The van der Waals surface area contributed by atoms with Crippen molar-refractivity contribution in [3.05, 3.63) is 35.9 Å². The Morgan fingerprint density at radius 3 is 2.46 bits per heavy atom. The highest BCUT2D eigenvalue weighted by Gasteiger charge is 2.30. The molecule has 2 rings (SSSR count). The normalized spacial score (nSPS) is 19.4. The van der Waals surface area contributed by atoms with Gasteiger partial charge in [0.2, 0.25) is 5.91 Å². The quantitative estimate of drug-likeness (QED) is 0.413. The zero-order valence-electron chi connectivity index (χ0n) is 16.1. The number of hydrogen-bond donors (Lipinski definition) is 2. The number of esters is 2. The van der Waals surface area contributed by atoms with Crippen LogP contribution >= 0.6 is 0 Å². The van der Waals surface area contributed by atoms with Crippen LogP contribution < -0.4 is 10.9 Å². The molecule has 0 spiro atoms. The minimum Gasteiger partial charge on any atom is -0.465 e.